The Morgan fingerprint density at radius 1 is 1.47 bits per heavy atom. The molecule has 1 aliphatic heterocycles. The molecule has 0 radical (unpaired) electrons. The molecule has 1 aromatic carbocycles. The van der Waals surface area contributed by atoms with Crippen LogP contribution in [0.5, 0.6) is 0 Å². The van der Waals surface area contributed by atoms with E-state index < -0.39 is 6.04 Å². The molecule has 2 unspecified atom stereocenters. The Balaban J connectivity index is 1.85. The van der Waals surface area contributed by atoms with Crippen LogP contribution in [0.3, 0.4) is 0 Å². The smallest absolute Gasteiger partial charge is 0.237 e. The van der Waals surface area contributed by atoms with Gasteiger partial charge in [-0.05, 0) is 38.3 Å². The average Bonchev–Trinajstić information content (AvgIpc) is 2.42. The first-order valence-electron chi connectivity index (χ1n) is 7.00. The highest BCUT2D eigenvalue weighted by Crippen LogP contribution is 2.09. The number of hydrogen-bond acceptors (Lipinski definition) is 3. The Morgan fingerprint density at radius 3 is 2.89 bits per heavy atom. The van der Waals surface area contributed by atoms with Gasteiger partial charge in [0.05, 0.1) is 6.04 Å². The number of nitrogens with two attached hydrogens (primary N) is 1. The van der Waals surface area contributed by atoms with Crippen LogP contribution in [0.2, 0.25) is 0 Å². The highest BCUT2D eigenvalue weighted by molar-refractivity contribution is 5.82. The van der Waals surface area contributed by atoms with Crippen molar-refractivity contribution in [3.8, 4) is 0 Å². The van der Waals surface area contributed by atoms with Crippen LogP contribution in [0.1, 0.15) is 25.3 Å². The number of carbonyl (C=O) groups excluding carboxylic acids is 1. The lowest BCUT2D eigenvalue weighted by Crippen LogP contribution is -2.55. The maximum atomic E-state index is 12.1. The number of nitrogens with one attached hydrogen (secondary N) is 2. The molecule has 0 saturated carbocycles. The summed E-state index contributed by atoms with van der Waals surface area (Å²) in [5, 5.41) is 6.43. The monoisotopic (exact) mass is 261 g/mol. The third-order valence-electron chi connectivity index (χ3n) is 3.72. The summed E-state index contributed by atoms with van der Waals surface area (Å²) in [6, 6.07) is 9.93. The van der Waals surface area contributed by atoms with E-state index in [2.05, 4.69) is 17.6 Å². The van der Waals surface area contributed by atoms with Gasteiger partial charge in [0.25, 0.3) is 0 Å². The molecule has 0 spiro atoms. The van der Waals surface area contributed by atoms with Crippen LogP contribution in [0, 0.1) is 0 Å². The minimum Gasteiger partial charge on any atom is -0.350 e. The van der Waals surface area contributed by atoms with E-state index in [1.165, 1.54) is 0 Å². The van der Waals surface area contributed by atoms with Crippen molar-refractivity contribution in [3.05, 3.63) is 35.9 Å². The number of rotatable bonds is 4. The van der Waals surface area contributed by atoms with Crippen molar-refractivity contribution in [2.45, 2.75) is 44.3 Å². The number of amides is 1. The van der Waals surface area contributed by atoms with E-state index in [9.17, 15) is 4.79 Å². The molecule has 1 saturated heterocycles. The van der Waals surface area contributed by atoms with Crippen molar-refractivity contribution < 1.29 is 4.79 Å². The number of carbonyl (C=O) groups is 1. The molecule has 4 nitrogen and oxygen atoms in total. The van der Waals surface area contributed by atoms with Crippen LogP contribution in [0.25, 0.3) is 0 Å². The van der Waals surface area contributed by atoms with E-state index >= 15 is 0 Å². The third kappa shape index (κ3) is 4.04. The molecule has 1 aliphatic rings. The van der Waals surface area contributed by atoms with Crippen molar-refractivity contribution in [1.29, 1.82) is 0 Å². The van der Waals surface area contributed by atoms with Gasteiger partial charge in [0, 0.05) is 12.1 Å². The van der Waals surface area contributed by atoms with Crippen LogP contribution in [0.15, 0.2) is 30.3 Å². The zero-order valence-corrected chi connectivity index (χ0v) is 11.4. The van der Waals surface area contributed by atoms with Gasteiger partial charge >= 0.3 is 0 Å². The van der Waals surface area contributed by atoms with Crippen LogP contribution in [-0.4, -0.2) is 30.6 Å². The second kappa shape index (κ2) is 6.68. The first-order valence-corrected chi connectivity index (χ1v) is 7.00. The average molecular weight is 261 g/mol. The minimum absolute atomic E-state index is 0.0515. The highest BCUT2D eigenvalue weighted by atomic mass is 16.2. The minimum atomic E-state index is -0.475. The summed E-state index contributed by atoms with van der Waals surface area (Å²) in [6.45, 7) is 3.14. The number of hydrogen-bond donors (Lipinski definition) is 3. The molecule has 0 aromatic heterocycles. The first kappa shape index (κ1) is 14.0. The van der Waals surface area contributed by atoms with E-state index in [4.69, 9.17) is 5.73 Å². The third-order valence-corrected chi connectivity index (χ3v) is 3.72. The predicted octanol–water partition coefficient (Wildman–Crippen LogP) is 0.813. The summed E-state index contributed by atoms with van der Waals surface area (Å²) in [5.74, 6) is -0.0515. The van der Waals surface area contributed by atoms with E-state index in [0.717, 1.165) is 24.9 Å². The van der Waals surface area contributed by atoms with Gasteiger partial charge in [-0.1, -0.05) is 30.3 Å². The van der Waals surface area contributed by atoms with Gasteiger partial charge in [-0.25, -0.2) is 0 Å². The quantitative estimate of drug-likeness (QED) is 0.751. The van der Waals surface area contributed by atoms with Crippen molar-refractivity contribution in [2.24, 2.45) is 5.73 Å². The Kier molecular flexibility index (Phi) is 4.93. The standard InChI is InChI=1S/C15H23N3O/c1-11-14(8-5-9-17-11)18-15(19)13(16)10-12-6-3-2-4-7-12/h2-4,6-7,11,13-14,17H,5,8-10,16H2,1H3,(H,18,19)/t11?,13-,14?/m0/s1. The summed E-state index contributed by atoms with van der Waals surface area (Å²) in [5.41, 5.74) is 7.08. The Morgan fingerprint density at radius 2 is 2.21 bits per heavy atom. The van der Waals surface area contributed by atoms with Gasteiger partial charge in [-0.15, -0.1) is 0 Å². The molecule has 104 valence electrons. The van der Waals surface area contributed by atoms with Gasteiger partial charge in [-0.3, -0.25) is 4.79 Å². The van der Waals surface area contributed by atoms with Crippen LogP contribution in [-0.2, 0) is 11.2 Å². The largest absolute Gasteiger partial charge is 0.350 e. The fourth-order valence-corrected chi connectivity index (χ4v) is 2.49. The Hall–Kier alpha value is -1.39. The normalized spacial score (nSPS) is 24.7. The van der Waals surface area contributed by atoms with Crippen LogP contribution in [0.4, 0.5) is 0 Å². The highest BCUT2D eigenvalue weighted by Gasteiger charge is 2.24. The molecule has 4 N–H and O–H groups in total. The molecular weight excluding hydrogens is 238 g/mol. The van der Waals surface area contributed by atoms with Crippen molar-refractivity contribution in [3.63, 3.8) is 0 Å². The molecule has 1 amide bonds. The van der Waals surface area contributed by atoms with Gasteiger partial charge < -0.3 is 16.4 Å². The molecular formula is C15H23N3O. The molecule has 1 fully saturated rings. The van der Waals surface area contributed by atoms with Crippen molar-refractivity contribution in [2.75, 3.05) is 6.54 Å². The predicted molar refractivity (Wildman–Crippen MR) is 76.8 cm³/mol. The van der Waals surface area contributed by atoms with E-state index in [1.807, 2.05) is 30.3 Å². The summed E-state index contributed by atoms with van der Waals surface area (Å²) < 4.78 is 0. The molecule has 0 bridgehead atoms. The van der Waals surface area contributed by atoms with Crippen molar-refractivity contribution in [1.82, 2.24) is 10.6 Å². The summed E-state index contributed by atoms with van der Waals surface area (Å²) in [7, 11) is 0. The summed E-state index contributed by atoms with van der Waals surface area (Å²) in [6.07, 6.45) is 2.71. The fraction of sp³-hybridized carbons (Fsp3) is 0.533. The van der Waals surface area contributed by atoms with Gasteiger partial charge in [-0.2, -0.15) is 0 Å². The molecule has 1 heterocycles. The SMILES string of the molecule is CC1NCCCC1NC(=O)[C@@H](N)Cc1ccccc1. The first-order chi connectivity index (χ1) is 9.16. The lowest BCUT2D eigenvalue weighted by atomic mass is 9.99. The number of benzene rings is 1. The van der Waals surface area contributed by atoms with E-state index in [1.54, 1.807) is 0 Å². The second-order valence-corrected chi connectivity index (χ2v) is 5.30. The van der Waals surface area contributed by atoms with Gasteiger partial charge in [0.1, 0.15) is 0 Å². The van der Waals surface area contributed by atoms with Crippen LogP contribution >= 0.6 is 0 Å². The topological polar surface area (TPSA) is 67.1 Å². The zero-order valence-electron chi connectivity index (χ0n) is 11.4. The second-order valence-electron chi connectivity index (χ2n) is 5.30. The lowest BCUT2D eigenvalue weighted by molar-refractivity contribution is -0.123. The Bertz CT molecular complexity index is 407. The molecule has 19 heavy (non-hydrogen) atoms. The van der Waals surface area contributed by atoms with Gasteiger partial charge in [0.2, 0.25) is 5.91 Å². The lowest BCUT2D eigenvalue weighted by Gasteiger charge is -2.31. The fourth-order valence-electron chi connectivity index (χ4n) is 2.49. The molecule has 1 aromatic rings. The number of piperidine rings is 1. The molecule has 4 heteroatoms. The summed E-state index contributed by atoms with van der Waals surface area (Å²) >= 11 is 0. The van der Waals surface area contributed by atoms with E-state index in [0.29, 0.717) is 12.5 Å². The van der Waals surface area contributed by atoms with Crippen molar-refractivity contribution >= 4 is 5.91 Å². The molecule has 3 atom stereocenters. The molecule has 2 rings (SSSR count). The van der Waals surface area contributed by atoms with E-state index in [-0.39, 0.29) is 11.9 Å². The van der Waals surface area contributed by atoms with Crippen LogP contribution < -0.4 is 16.4 Å². The zero-order chi connectivity index (χ0) is 13.7. The summed E-state index contributed by atoms with van der Waals surface area (Å²) in [4.78, 5) is 12.1. The maximum Gasteiger partial charge on any atom is 0.237 e. The maximum absolute atomic E-state index is 12.1. The molecule has 0 aliphatic carbocycles. The van der Waals surface area contributed by atoms with Gasteiger partial charge in [0.15, 0.2) is 0 Å². The Labute approximate surface area is 114 Å².